The number of hydrogen-bond acceptors (Lipinski definition) is 2. The molecule has 0 atom stereocenters. The first-order valence-electron chi connectivity index (χ1n) is 6.37. The van der Waals surface area contributed by atoms with E-state index in [2.05, 4.69) is 29.1 Å². The van der Waals surface area contributed by atoms with Crippen LogP contribution in [-0.4, -0.2) is 11.2 Å². The number of fused-ring (bicyclic) bond motifs is 1. The Bertz CT molecular complexity index is 683. The Kier molecular flexibility index (Phi) is 2.88. The number of aromatic nitrogens is 1. The number of nitrogens with zero attached hydrogens (tertiary/aromatic N) is 1. The summed E-state index contributed by atoms with van der Waals surface area (Å²) in [5.74, 6) is 0.808. The summed E-state index contributed by atoms with van der Waals surface area (Å²) in [7, 11) is 0. The SMILES string of the molecule is CCOc1cc(N)ccc1-n1cc2ccccc2c1. The minimum absolute atomic E-state index is 0.622. The molecule has 0 spiro atoms. The first-order valence-corrected chi connectivity index (χ1v) is 6.37. The van der Waals surface area contributed by atoms with Crippen molar-refractivity contribution in [1.82, 2.24) is 4.57 Å². The summed E-state index contributed by atoms with van der Waals surface area (Å²) in [5.41, 5.74) is 7.54. The minimum atomic E-state index is 0.622. The molecule has 3 aromatic rings. The van der Waals surface area contributed by atoms with Crippen LogP contribution in [0.4, 0.5) is 5.69 Å². The van der Waals surface area contributed by atoms with E-state index in [1.807, 2.05) is 37.3 Å². The Labute approximate surface area is 112 Å². The molecule has 96 valence electrons. The standard InChI is InChI=1S/C16H16N2O/c1-2-19-16-9-14(17)7-8-15(16)18-10-12-5-3-4-6-13(12)11-18/h3-11H,2,17H2,1H3. The lowest BCUT2D eigenvalue weighted by atomic mass is 10.2. The van der Waals surface area contributed by atoms with E-state index in [0.717, 1.165) is 11.4 Å². The number of ether oxygens (including phenoxy) is 1. The van der Waals surface area contributed by atoms with Gasteiger partial charge >= 0.3 is 0 Å². The molecular formula is C16H16N2O. The van der Waals surface area contributed by atoms with Crippen molar-refractivity contribution in [3.8, 4) is 11.4 Å². The lowest BCUT2D eigenvalue weighted by Crippen LogP contribution is -2.00. The van der Waals surface area contributed by atoms with E-state index in [9.17, 15) is 0 Å². The summed E-state index contributed by atoms with van der Waals surface area (Å²) >= 11 is 0. The molecule has 0 aliphatic carbocycles. The third-order valence-electron chi connectivity index (χ3n) is 3.11. The van der Waals surface area contributed by atoms with Crippen LogP contribution in [0.25, 0.3) is 16.5 Å². The minimum Gasteiger partial charge on any atom is -0.492 e. The van der Waals surface area contributed by atoms with Gasteiger partial charge in [-0.05, 0) is 29.8 Å². The second-order valence-electron chi connectivity index (χ2n) is 4.45. The van der Waals surface area contributed by atoms with Gasteiger partial charge < -0.3 is 15.0 Å². The summed E-state index contributed by atoms with van der Waals surface area (Å²) in [6, 6.07) is 14.0. The molecule has 0 unspecified atom stereocenters. The molecule has 1 heterocycles. The molecule has 0 saturated carbocycles. The fourth-order valence-corrected chi connectivity index (χ4v) is 2.24. The monoisotopic (exact) mass is 252 g/mol. The Balaban J connectivity index is 2.14. The molecule has 2 aromatic carbocycles. The van der Waals surface area contributed by atoms with Gasteiger partial charge in [0, 0.05) is 24.1 Å². The summed E-state index contributed by atoms with van der Waals surface area (Å²) in [4.78, 5) is 0. The first kappa shape index (κ1) is 11.7. The number of hydrogen-bond donors (Lipinski definition) is 1. The van der Waals surface area contributed by atoms with Crippen molar-refractivity contribution in [3.63, 3.8) is 0 Å². The Morgan fingerprint density at radius 2 is 1.74 bits per heavy atom. The fraction of sp³-hybridized carbons (Fsp3) is 0.125. The van der Waals surface area contributed by atoms with Crippen LogP contribution in [0.5, 0.6) is 5.75 Å². The maximum Gasteiger partial charge on any atom is 0.145 e. The van der Waals surface area contributed by atoms with Gasteiger partial charge in [0.2, 0.25) is 0 Å². The van der Waals surface area contributed by atoms with E-state index >= 15 is 0 Å². The highest BCUT2D eigenvalue weighted by molar-refractivity contribution is 5.83. The van der Waals surface area contributed by atoms with Crippen molar-refractivity contribution in [3.05, 3.63) is 54.9 Å². The number of nitrogen functional groups attached to an aromatic ring is 1. The highest BCUT2D eigenvalue weighted by atomic mass is 16.5. The molecule has 0 fully saturated rings. The van der Waals surface area contributed by atoms with Crippen molar-refractivity contribution in [2.24, 2.45) is 0 Å². The first-order chi connectivity index (χ1) is 9.28. The predicted octanol–water partition coefficient (Wildman–Crippen LogP) is 3.61. The van der Waals surface area contributed by atoms with Crippen molar-refractivity contribution < 1.29 is 4.74 Å². The Hall–Kier alpha value is -2.42. The average Bonchev–Trinajstić information content (AvgIpc) is 2.82. The Morgan fingerprint density at radius 3 is 2.37 bits per heavy atom. The quantitative estimate of drug-likeness (QED) is 0.723. The Morgan fingerprint density at radius 1 is 1.05 bits per heavy atom. The molecule has 0 saturated heterocycles. The fourth-order valence-electron chi connectivity index (χ4n) is 2.24. The van der Waals surface area contributed by atoms with E-state index in [1.54, 1.807) is 0 Å². The smallest absolute Gasteiger partial charge is 0.145 e. The van der Waals surface area contributed by atoms with Gasteiger partial charge in [-0.2, -0.15) is 0 Å². The highest BCUT2D eigenvalue weighted by Gasteiger charge is 2.07. The van der Waals surface area contributed by atoms with Crippen molar-refractivity contribution >= 4 is 16.5 Å². The van der Waals surface area contributed by atoms with Crippen LogP contribution >= 0.6 is 0 Å². The van der Waals surface area contributed by atoms with Crippen LogP contribution in [0, 0.1) is 0 Å². The summed E-state index contributed by atoms with van der Waals surface area (Å²) in [6.45, 7) is 2.59. The zero-order valence-corrected chi connectivity index (χ0v) is 10.8. The molecule has 0 radical (unpaired) electrons. The normalized spacial score (nSPS) is 10.8. The second kappa shape index (κ2) is 4.69. The van der Waals surface area contributed by atoms with Gasteiger partial charge in [0.15, 0.2) is 0 Å². The number of anilines is 1. The molecule has 0 aliphatic rings. The summed E-state index contributed by atoms with van der Waals surface area (Å²) < 4.78 is 7.75. The molecule has 3 rings (SSSR count). The zero-order valence-electron chi connectivity index (χ0n) is 10.8. The molecule has 19 heavy (non-hydrogen) atoms. The lowest BCUT2D eigenvalue weighted by Gasteiger charge is -2.11. The van der Waals surface area contributed by atoms with Gasteiger partial charge in [0.05, 0.1) is 12.3 Å². The molecular weight excluding hydrogens is 236 g/mol. The van der Waals surface area contributed by atoms with Crippen LogP contribution in [0.15, 0.2) is 54.9 Å². The van der Waals surface area contributed by atoms with E-state index in [-0.39, 0.29) is 0 Å². The van der Waals surface area contributed by atoms with Gasteiger partial charge in [-0.3, -0.25) is 0 Å². The summed E-state index contributed by atoms with van der Waals surface area (Å²) in [6.07, 6.45) is 4.20. The van der Waals surface area contributed by atoms with E-state index in [0.29, 0.717) is 12.3 Å². The van der Waals surface area contributed by atoms with Crippen molar-refractivity contribution in [2.45, 2.75) is 6.92 Å². The number of rotatable bonds is 3. The summed E-state index contributed by atoms with van der Waals surface area (Å²) in [5, 5.41) is 2.42. The van der Waals surface area contributed by atoms with E-state index < -0.39 is 0 Å². The number of benzene rings is 2. The van der Waals surface area contributed by atoms with E-state index in [1.165, 1.54) is 10.8 Å². The van der Waals surface area contributed by atoms with Crippen LogP contribution in [0.3, 0.4) is 0 Å². The average molecular weight is 252 g/mol. The van der Waals surface area contributed by atoms with Crippen LogP contribution in [0.2, 0.25) is 0 Å². The van der Waals surface area contributed by atoms with Gasteiger partial charge in [0.1, 0.15) is 5.75 Å². The van der Waals surface area contributed by atoms with Crippen LogP contribution in [0.1, 0.15) is 6.92 Å². The van der Waals surface area contributed by atoms with Gasteiger partial charge in [-0.1, -0.05) is 24.3 Å². The third-order valence-corrected chi connectivity index (χ3v) is 3.11. The molecule has 2 N–H and O–H groups in total. The highest BCUT2D eigenvalue weighted by Crippen LogP contribution is 2.28. The zero-order chi connectivity index (χ0) is 13.2. The van der Waals surface area contributed by atoms with Gasteiger partial charge in [-0.25, -0.2) is 0 Å². The van der Waals surface area contributed by atoms with Crippen molar-refractivity contribution in [2.75, 3.05) is 12.3 Å². The topological polar surface area (TPSA) is 40.2 Å². The lowest BCUT2D eigenvalue weighted by molar-refractivity contribution is 0.339. The van der Waals surface area contributed by atoms with Crippen LogP contribution < -0.4 is 10.5 Å². The maximum absolute atomic E-state index is 5.82. The molecule has 0 bridgehead atoms. The van der Waals surface area contributed by atoms with E-state index in [4.69, 9.17) is 10.5 Å². The molecule has 1 aromatic heterocycles. The van der Waals surface area contributed by atoms with Gasteiger partial charge in [-0.15, -0.1) is 0 Å². The maximum atomic E-state index is 5.82. The van der Waals surface area contributed by atoms with Gasteiger partial charge in [0.25, 0.3) is 0 Å². The second-order valence-corrected chi connectivity index (χ2v) is 4.45. The largest absolute Gasteiger partial charge is 0.492 e. The molecule has 0 aliphatic heterocycles. The number of nitrogens with two attached hydrogens (primary N) is 1. The molecule has 3 nitrogen and oxygen atoms in total. The third kappa shape index (κ3) is 2.15. The predicted molar refractivity (Wildman–Crippen MR) is 78.9 cm³/mol. The van der Waals surface area contributed by atoms with Crippen LogP contribution in [-0.2, 0) is 0 Å². The van der Waals surface area contributed by atoms with Crippen molar-refractivity contribution in [1.29, 1.82) is 0 Å². The molecule has 0 amide bonds. The molecule has 3 heteroatoms.